The number of hydrogen-bond donors (Lipinski definition) is 2. The lowest BCUT2D eigenvalue weighted by atomic mass is 10.3. The highest BCUT2D eigenvalue weighted by Crippen LogP contribution is 2.06. The number of nitrogens with zero attached hydrogens (tertiary/aromatic N) is 4. The van der Waals surface area contributed by atoms with Crippen LogP contribution in [0.4, 0.5) is 0 Å². The summed E-state index contributed by atoms with van der Waals surface area (Å²) in [4.78, 5) is 14.3. The second-order valence-corrected chi connectivity index (χ2v) is 4.20. The van der Waals surface area contributed by atoms with Crippen LogP contribution in [0.1, 0.15) is 18.4 Å². The van der Waals surface area contributed by atoms with E-state index in [1.54, 1.807) is 12.4 Å². The van der Waals surface area contributed by atoms with E-state index in [1.807, 2.05) is 17.0 Å². The molecule has 0 aliphatic carbocycles. The highest BCUT2D eigenvalue weighted by atomic mass is 15.3. The van der Waals surface area contributed by atoms with Crippen LogP contribution in [0.3, 0.4) is 0 Å². The smallest absolute Gasteiger partial charge is 0.218 e. The number of guanidine groups is 2. The van der Waals surface area contributed by atoms with E-state index in [-0.39, 0.29) is 5.96 Å². The number of rotatable bonds is 2. The Morgan fingerprint density at radius 2 is 2.11 bits per heavy atom. The summed E-state index contributed by atoms with van der Waals surface area (Å²) in [5.74, 6) is 0.670. The standard InChI is InChI=1S/C12H18N6/c13-11(16-9-10-4-3-5-15-8-10)17-12(14)18-6-1-2-7-18/h3-5,8H,1-2,6-7,9H2,(H4,13,14,16,17). The first kappa shape index (κ1) is 12.3. The van der Waals surface area contributed by atoms with E-state index in [2.05, 4.69) is 15.0 Å². The molecule has 18 heavy (non-hydrogen) atoms. The van der Waals surface area contributed by atoms with Crippen molar-refractivity contribution in [2.24, 2.45) is 21.5 Å². The lowest BCUT2D eigenvalue weighted by Gasteiger charge is -2.15. The lowest BCUT2D eigenvalue weighted by Crippen LogP contribution is -2.36. The Kier molecular flexibility index (Phi) is 4.11. The molecule has 4 N–H and O–H groups in total. The van der Waals surface area contributed by atoms with Crippen molar-refractivity contribution < 1.29 is 0 Å². The first-order valence-corrected chi connectivity index (χ1v) is 6.03. The van der Waals surface area contributed by atoms with E-state index in [1.165, 1.54) is 0 Å². The van der Waals surface area contributed by atoms with Gasteiger partial charge in [-0.1, -0.05) is 6.07 Å². The van der Waals surface area contributed by atoms with Crippen molar-refractivity contribution in [3.8, 4) is 0 Å². The Hall–Kier alpha value is -2.11. The fraction of sp³-hybridized carbons (Fsp3) is 0.417. The minimum Gasteiger partial charge on any atom is -0.369 e. The molecule has 2 rings (SSSR count). The SMILES string of the molecule is NC(=NCc1cccnc1)/N=C(\N)N1CCCC1. The summed E-state index contributed by atoms with van der Waals surface area (Å²) in [5, 5.41) is 0. The van der Waals surface area contributed by atoms with Crippen molar-refractivity contribution in [3.05, 3.63) is 30.1 Å². The second-order valence-electron chi connectivity index (χ2n) is 4.20. The van der Waals surface area contributed by atoms with Gasteiger partial charge in [0.15, 0.2) is 5.96 Å². The molecule has 1 saturated heterocycles. The normalized spacial score (nSPS) is 17.2. The Balaban J connectivity index is 1.94. The molecule has 1 aliphatic rings. The Morgan fingerprint density at radius 3 is 2.78 bits per heavy atom. The molecule has 2 heterocycles. The zero-order chi connectivity index (χ0) is 12.8. The predicted molar refractivity (Wildman–Crippen MR) is 72.0 cm³/mol. The molecule has 0 radical (unpaired) electrons. The molecule has 0 saturated carbocycles. The topological polar surface area (TPSA) is 92.9 Å². The highest BCUT2D eigenvalue weighted by molar-refractivity contribution is 5.93. The monoisotopic (exact) mass is 246 g/mol. The Morgan fingerprint density at radius 1 is 1.33 bits per heavy atom. The number of hydrogen-bond acceptors (Lipinski definition) is 2. The average Bonchev–Trinajstić information content (AvgIpc) is 2.91. The van der Waals surface area contributed by atoms with Gasteiger partial charge in [-0.2, -0.15) is 4.99 Å². The molecule has 1 aliphatic heterocycles. The van der Waals surface area contributed by atoms with E-state index in [0.717, 1.165) is 31.5 Å². The molecular weight excluding hydrogens is 228 g/mol. The van der Waals surface area contributed by atoms with E-state index < -0.39 is 0 Å². The van der Waals surface area contributed by atoms with Gasteiger partial charge < -0.3 is 16.4 Å². The molecule has 0 aromatic carbocycles. The molecule has 1 aromatic heterocycles. The summed E-state index contributed by atoms with van der Waals surface area (Å²) in [6.07, 6.45) is 5.79. The summed E-state index contributed by atoms with van der Waals surface area (Å²) in [7, 11) is 0. The van der Waals surface area contributed by atoms with Gasteiger partial charge in [0.05, 0.1) is 6.54 Å². The lowest BCUT2D eigenvalue weighted by molar-refractivity contribution is 0.514. The van der Waals surface area contributed by atoms with E-state index in [4.69, 9.17) is 11.5 Å². The van der Waals surface area contributed by atoms with Gasteiger partial charge >= 0.3 is 0 Å². The van der Waals surface area contributed by atoms with Crippen molar-refractivity contribution in [2.75, 3.05) is 13.1 Å². The summed E-state index contributed by atoms with van der Waals surface area (Å²) in [6.45, 7) is 2.37. The molecule has 96 valence electrons. The highest BCUT2D eigenvalue weighted by Gasteiger charge is 2.13. The van der Waals surface area contributed by atoms with E-state index >= 15 is 0 Å². The van der Waals surface area contributed by atoms with Crippen LogP contribution in [0.15, 0.2) is 34.5 Å². The zero-order valence-electron chi connectivity index (χ0n) is 10.3. The molecule has 1 fully saturated rings. The molecule has 6 heteroatoms. The van der Waals surface area contributed by atoms with Gasteiger partial charge in [0.25, 0.3) is 0 Å². The third-order valence-corrected chi connectivity index (χ3v) is 2.81. The predicted octanol–water partition coefficient (Wildman–Crippen LogP) is 0.307. The van der Waals surface area contributed by atoms with Crippen LogP contribution < -0.4 is 11.5 Å². The minimum absolute atomic E-state index is 0.211. The van der Waals surface area contributed by atoms with Crippen LogP contribution in [0.5, 0.6) is 0 Å². The van der Waals surface area contributed by atoms with Crippen LogP contribution in [-0.4, -0.2) is 34.9 Å². The first-order valence-electron chi connectivity index (χ1n) is 6.03. The third kappa shape index (κ3) is 3.44. The third-order valence-electron chi connectivity index (χ3n) is 2.81. The number of aromatic nitrogens is 1. The van der Waals surface area contributed by atoms with E-state index in [0.29, 0.717) is 12.5 Å². The number of nitrogens with two attached hydrogens (primary N) is 2. The van der Waals surface area contributed by atoms with Crippen molar-refractivity contribution in [3.63, 3.8) is 0 Å². The summed E-state index contributed by atoms with van der Waals surface area (Å²) < 4.78 is 0. The Bertz CT molecular complexity index is 433. The van der Waals surface area contributed by atoms with Gasteiger partial charge in [0.1, 0.15) is 0 Å². The van der Waals surface area contributed by atoms with Gasteiger partial charge in [-0.15, -0.1) is 0 Å². The molecule has 0 amide bonds. The van der Waals surface area contributed by atoms with E-state index in [9.17, 15) is 0 Å². The van der Waals surface area contributed by atoms with Gasteiger partial charge in [0, 0.05) is 25.5 Å². The molecular formula is C12H18N6. The van der Waals surface area contributed by atoms with Gasteiger partial charge in [-0.25, -0.2) is 4.99 Å². The van der Waals surface area contributed by atoms with Gasteiger partial charge in [0.2, 0.25) is 5.96 Å². The molecule has 0 atom stereocenters. The summed E-state index contributed by atoms with van der Waals surface area (Å²) >= 11 is 0. The molecule has 0 bridgehead atoms. The van der Waals surface area contributed by atoms with Crippen LogP contribution in [0.2, 0.25) is 0 Å². The minimum atomic E-state index is 0.211. The summed E-state index contributed by atoms with van der Waals surface area (Å²) in [5.41, 5.74) is 12.6. The average molecular weight is 246 g/mol. The largest absolute Gasteiger partial charge is 0.369 e. The van der Waals surface area contributed by atoms with Crippen LogP contribution in [-0.2, 0) is 6.54 Å². The molecule has 6 nitrogen and oxygen atoms in total. The van der Waals surface area contributed by atoms with Crippen LogP contribution in [0.25, 0.3) is 0 Å². The van der Waals surface area contributed by atoms with Crippen molar-refractivity contribution in [1.82, 2.24) is 9.88 Å². The maximum atomic E-state index is 5.85. The van der Waals surface area contributed by atoms with Crippen LogP contribution in [0, 0.1) is 0 Å². The Labute approximate surface area is 106 Å². The maximum absolute atomic E-state index is 5.85. The fourth-order valence-electron chi connectivity index (χ4n) is 1.83. The number of pyridine rings is 1. The van der Waals surface area contributed by atoms with Gasteiger partial charge in [-0.05, 0) is 24.5 Å². The number of likely N-dealkylation sites (tertiary alicyclic amines) is 1. The second kappa shape index (κ2) is 6.00. The van der Waals surface area contributed by atoms with Crippen molar-refractivity contribution in [2.45, 2.75) is 19.4 Å². The molecule has 1 aromatic rings. The van der Waals surface area contributed by atoms with Crippen LogP contribution >= 0.6 is 0 Å². The fourth-order valence-corrected chi connectivity index (χ4v) is 1.83. The van der Waals surface area contributed by atoms with Crippen molar-refractivity contribution in [1.29, 1.82) is 0 Å². The van der Waals surface area contributed by atoms with Crippen molar-refractivity contribution >= 4 is 11.9 Å². The zero-order valence-corrected chi connectivity index (χ0v) is 10.3. The number of aliphatic imine (C=N–C) groups is 2. The molecule has 0 unspecified atom stereocenters. The van der Waals surface area contributed by atoms with Gasteiger partial charge in [-0.3, -0.25) is 4.98 Å². The maximum Gasteiger partial charge on any atom is 0.218 e. The molecule has 0 spiro atoms. The first-order chi connectivity index (χ1) is 8.75. The summed E-state index contributed by atoms with van der Waals surface area (Å²) in [6, 6.07) is 3.81. The quantitative estimate of drug-likeness (QED) is 0.580.